The number of unbranched alkanes of at least 4 members (excludes halogenated alkanes) is 1. The molecule has 0 saturated carbocycles. The third kappa shape index (κ3) is 4.47. The lowest BCUT2D eigenvalue weighted by atomic mass is 9.74. The molecule has 0 aromatic carbocycles. The highest BCUT2D eigenvalue weighted by Crippen LogP contribution is 2.36. The number of nitrogens with one attached hydrogen (secondary N) is 1. The van der Waals surface area contributed by atoms with Crippen LogP contribution < -0.4 is 11.1 Å². The summed E-state index contributed by atoms with van der Waals surface area (Å²) in [6, 6.07) is 0. The van der Waals surface area contributed by atoms with E-state index in [0.29, 0.717) is 6.54 Å². The summed E-state index contributed by atoms with van der Waals surface area (Å²) in [6.45, 7) is 6.64. The van der Waals surface area contributed by atoms with Crippen molar-refractivity contribution in [3.63, 3.8) is 0 Å². The SMILES string of the molecule is CCCCN(CC(N)=O)C(=O)C1(CCC)CCNCC1. The largest absolute Gasteiger partial charge is 0.368 e. The molecule has 5 heteroatoms. The summed E-state index contributed by atoms with van der Waals surface area (Å²) in [5.41, 5.74) is 5.02. The monoisotopic (exact) mass is 283 g/mol. The topological polar surface area (TPSA) is 75.4 Å². The number of primary amides is 1. The Morgan fingerprint density at radius 2 is 1.85 bits per heavy atom. The molecule has 1 saturated heterocycles. The fourth-order valence-corrected chi connectivity index (χ4v) is 3.08. The van der Waals surface area contributed by atoms with Gasteiger partial charge in [0.05, 0.1) is 12.0 Å². The van der Waals surface area contributed by atoms with Crippen LogP contribution in [0, 0.1) is 5.41 Å². The van der Waals surface area contributed by atoms with E-state index in [1.54, 1.807) is 4.90 Å². The van der Waals surface area contributed by atoms with E-state index in [1.165, 1.54) is 0 Å². The number of carbonyl (C=O) groups is 2. The first-order valence-electron chi connectivity index (χ1n) is 7.84. The first kappa shape index (κ1) is 17.0. The fraction of sp³-hybridized carbons (Fsp3) is 0.867. The molecule has 0 radical (unpaired) electrons. The van der Waals surface area contributed by atoms with Gasteiger partial charge in [-0.2, -0.15) is 0 Å². The molecule has 0 spiro atoms. The molecule has 116 valence electrons. The molecule has 1 aliphatic heterocycles. The third-order valence-corrected chi connectivity index (χ3v) is 4.16. The number of piperidine rings is 1. The van der Waals surface area contributed by atoms with Crippen LogP contribution in [-0.4, -0.2) is 42.9 Å². The van der Waals surface area contributed by atoms with Crippen LogP contribution in [0.4, 0.5) is 0 Å². The van der Waals surface area contributed by atoms with Crippen LogP contribution in [-0.2, 0) is 9.59 Å². The second-order valence-corrected chi connectivity index (χ2v) is 5.83. The van der Waals surface area contributed by atoms with Gasteiger partial charge in [0.25, 0.3) is 0 Å². The van der Waals surface area contributed by atoms with E-state index in [0.717, 1.165) is 51.6 Å². The Morgan fingerprint density at radius 3 is 2.35 bits per heavy atom. The van der Waals surface area contributed by atoms with Crippen molar-refractivity contribution < 1.29 is 9.59 Å². The molecule has 2 amide bonds. The minimum Gasteiger partial charge on any atom is -0.368 e. The first-order valence-corrected chi connectivity index (χ1v) is 7.84. The van der Waals surface area contributed by atoms with Crippen LogP contribution in [0.5, 0.6) is 0 Å². The van der Waals surface area contributed by atoms with Crippen molar-refractivity contribution in [1.29, 1.82) is 0 Å². The average Bonchev–Trinajstić information content (AvgIpc) is 2.43. The summed E-state index contributed by atoms with van der Waals surface area (Å²) in [5.74, 6) is -0.289. The van der Waals surface area contributed by atoms with E-state index in [4.69, 9.17) is 5.73 Å². The Morgan fingerprint density at radius 1 is 1.20 bits per heavy atom. The third-order valence-electron chi connectivity index (χ3n) is 4.16. The lowest BCUT2D eigenvalue weighted by Crippen LogP contribution is -2.51. The van der Waals surface area contributed by atoms with Gasteiger partial charge in [-0.05, 0) is 38.8 Å². The van der Waals surface area contributed by atoms with Gasteiger partial charge in [0.15, 0.2) is 0 Å². The summed E-state index contributed by atoms with van der Waals surface area (Å²) < 4.78 is 0. The Bertz CT molecular complexity index is 320. The molecule has 3 N–H and O–H groups in total. The number of nitrogens with two attached hydrogens (primary N) is 1. The fourth-order valence-electron chi connectivity index (χ4n) is 3.08. The van der Waals surface area contributed by atoms with Gasteiger partial charge in [-0.25, -0.2) is 0 Å². The van der Waals surface area contributed by atoms with E-state index in [2.05, 4.69) is 19.2 Å². The highest BCUT2D eigenvalue weighted by atomic mass is 16.2. The van der Waals surface area contributed by atoms with E-state index in [-0.39, 0.29) is 17.9 Å². The van der Waals surface area contributed by atoms with Crippen LogP contribution in [0.2, 0.25) is 0 Å². The maximum Gasteiger partial charge on any atom is 0.237 e. The summed E-state index contributed by atoms with van der Waals surface area (Å²) in [5, 5.41) is 3.31. The van der Waals surface area contributed by atoms with Crippen molar-refractivity contribution in [3.05, 3.63) is 0 Å². The number of hydrogen-bond donors (Lipinski definition) is 2. The smallest absolute Gasteiger partial charge is 0.237 e. The van der Waals surface area contributed by atoms with Crippen LogP contribution in [0.1, 0.15) is 52.4 Å². The molecular formula is C15H29N3O2. The lowest BCUT2D eigenvalue weighted by molar-refractivity contribution is -0.146. The van der Waals surface area contributed by atoms with Gasteiger partial charge >= 0.3 is 0 Å². The van der Waals surface area contributed by atoms with Crippen LogP contribution in [0.3, 0.4) is 0 Å². The molecule has 1 fully saturated rings. The Labute approximate surface area is 122 Å². The zero-order valence-electron chi connectivity index (χ0n) is 12.9. The van der Waals surface area contributed by atoms with Crippen molar-refractivity contribution in [2.75, 3.05) is 26.2 Å². The molecule has 0 aromatic heterocycles. The zero-order chi connectivity index (χ0) is 15.0. The summed E-state index contributed by atoms with van der Waals surface area (Å²) in [4.78, 5) is 25.9. The number of carbonyl (C=O) groups excluding carboxylic acids is 2. The predicted molar refractivity (Wildman–Crippen MR) is 80.1 cm³/mol. The normalized spacial score (nSPS) is 17.7. The molecule has 1 rings (SSSR count). The van der Waals surface area contributed by atoms with E-state index in [1.807, 2.05) is 0 Å². The van der Waals surface area contributed by atoms with Crippen LogP contribution in [0.15, 0.2) is 0 Å². The first-order chi connectivity index (χ1) is 9.55. The van der Waals surface area contributed by atoms with Gasteiger partial charge in [0.2, 0.25) is 11.8 Å². The molecule has 20 heavy (non-hydrogen) atoms. The van der Waals surface area contributed by atoms with Crippen molar-refractivity contribution in [2.24, 2.45) is 11.1 Å². The van der Waals surface area contributed by atoms with Gasteiger partial charge in [0.1, 0.15) is 0 Å². The Hall–Kier alpha value is -1.10. The van der Waals surface area contributed by atoms with E-state index in [9.17, 15) is 9.59 Å². The van der Waals surface area contributed by atoms with Gasteiger partial charge in [0, 0.05) is 6.54 Å². The summed E-state index contributed by atoms with van der Waals surface area (Å²) in [6.07, 6.45) is 5.53. The van der Waals surface area contributed by atoms with E-state index >= 15 is 0 Å². The summed E-state index contributed by atoms with van der Waals surface area (Å²) in [7, 11) is 0. The second-order valence-electron chi connectivity index (χ2n) is 5.83. The molecule has 0 bridgehead atoms. The highest BCUT2D eigenvalue weighted by Gasteiger charge is 2.41. The molecule has 0 aliphatic carbocycles. The minimum atomic E-state index is -0.421. The van der Waals surface area contributed by atoms with Gasteiger partial charge < -0.3 is 16.0 Å². The van der Waals surface area contributed by atoms with Crippen molar-refractivity contribution in [3.8, 4) is 0 Å². The van der Waals surface area contributed by atoms with Crippen molar-refractivity contribution >= 4 is 11.8 Å². The Kier molecular flexibility index (Phi) is 6.99. The molecule has 1 aliphatic rings. The number of nitrogens with zero attached hydrogens (tertiary/aromatic N) is 1. The average molecular weight is 283 g/mol. The van der Waals surface area contributed by atoms with Gasteiger partial charge in [-0.1, -0.05) is 26.7 Å². The minimum absolute atomic E-state index is 0.0533. The van der Waals surface area contributed by atoms with Gasteiger partial charge in [-0.15, -0.1) is 0 Å². The number of hydrogen-bond acceptors (Lipinski definition) is 3. The molecular weight excluding hydrogens is 254 g/mol. The predicted octanol–water partition coefficient (Wildman–Crippen LogP) is 1.27. The molecule has 0 atom stereocenters. The van der Waals surface area contributed by atoms with Crippen LogP contribution in [0.25, 0.3) is 0 Å². The standard InChI is InChI=1S/C15H29N3O2/c1-3-5-11-18(12-13(16)19)14(20)15(6-4-2)7-9-17-10-8-15/h17H,3-12H2,1-2H3,(H2,16,19). The maximum atomic E-state index is 12.9. The van der Waals surface area contributed by atoms with E-state index < -0.39 is 5.91 Å². The maximum absolute atomic E-state index is 12.9. The number of amides is 2. The van der Waals surface area contributed by atoms with Crippen molar-refractivity contribution in [2.45, 2.75) is 52.4 Å². The molecule has 0 unspecified atom stereocenters. The van der Waals surface area contributed by atoms with Crippen LogP contribution >= 0.6 is 0 Å². The number of rotatable bonds is 8. The Balaban J connectivity index is 2.84. The molecule has 1 heterocycles. The quantitative estimate of drug-likeness (QED) is 0.704. The van der Waals surface area contributed by atoms with Crippen molar-refractivity contribution in [1.82, 2.24) is 10.2 Å². The highest BCUT2D eigenvalue weighted by molar-refractivity contribution is 5.87. The molecule has 0 aromatic rings. The lowest BCUT2D eigenvalue weighted by Gasteiger charge is -2.40. The zero-order valence-corrected chi connectivity index (χ0v) is 12.9. The van der Waals surface area contributed by atoms with Gasteiger partial charge in [-0.3, -0.25) is 9.59 Å². The molecule has 5 nitrogen and oxygen atoms in total. The second kappa shape index (κ2) is 8.25. The summed E-state index contributed by atoms with van der Waals surface area (Å²) >= 11 is 0.